The predicted molar refractivity (Wildman–Crippen MR) is 102 cm³/mol. The van der Waals surface area contributed by atoms with Gasteiger partial charge < -0.3 is 9.84 Å². The smallest absolute Gasteiger partial charge is 0.236 e. The second-order valence-electron chi connectivity index (χ2n) is 6.44. The lowest BCUT2D eigenvalue weighted by Gasteiger charge is -2.31. The molecule has 1 saturated heterocycles. The van der Waals surface area contributed by atoms with E-state index in [9.17, 15) is 9.90 Å². The first kappa shape index (κ1) is 19.4. The summed E-state index contributed by atoms with van der Waals surface area (Å²) in [4.78, 5) is 14.6. The van der Waals surface area contributed by atoms with Gasteiger partial charge in [-0.25, -0.2) is 0 Å². The second kappa shape index (κ2) is 8.94. The molecule has 1 N–H and O–H groups in total. The molecule has 1 amide bonds. The van der Waals surface area contributed by atoms with E-state index >= 15 is 0 Å². The Balaban J connectivity index is 2.01. The molecular formula is C18H25NO3S2. The standard InChI is InChI=1S/C18H25NO3S2/c1-12(2)16-11-24-18(23)19(16)17(21)15(13(3)20)10-22-9-14-7-5-4-6-8-14/h4-8,12-13,15-16,20H,9-11H2,1-3H3/t13-,15+,16+/m1/s1. The van der Waals surface area contributed by atoms with Gasteiger partial charge in [-0.3, -0.25) is 9.69 Å². The summed E-state index contributed by atoms with van der Waals surface area (Å²) < 4.78 is 6.30. The van der Waals surface area contributed by atoms with Gasteiger partial charge in [0, 0.05) is 11.8 Å². The third-order valence-electron chi connectivity index (χ3n) is 4.22. The fraction of sp³-hybridized carbons (Fsp3) is 0.556. The molecule has 1 heterocycles. The van der Waals surface area contributed by atoms with Crippen LogP contribution >= 0.6 is 24.0 Å². The Morgan fingerprint density at radius 2 is 2.04 bits per heavy atom. The van der Waals surface area contributed by atoms with Crippen LogP contribution < -0.4 is 0 Å². The molecule has 24 heavy (non-hydrogen) atoms. The van der Waals surface area contributed by atoms with Crippen LogP contribution in [-0.2, 0) is 16.1 Å². The van der Waals surface area contributed by atoms with Gasteiger partial charge in [0.1, 0.15) is 4.32 Å². The number of carbonyl (C=O) groups is 1. The van der Waals surface area contributed by atoms with Crippen molar-refractivity contribution in [2.75, 3.05) is 12.4 Å². The molecule has 0 aliphatic carbocycles. The molecule has 0 bridgehead atoms. The minimum atomic E-state index is -0.783. The lowest BCUT2D eigenvalue weighted by atomic mass is 9.99. The molecule has 1 aliphatic rings. The average molecular weight is 368 g/mol. The van der Waals surface area contributed by atoms with Gasteiger partial charge in [-0.15, -0.1) is 0 Å². The van der Waals surface area contributed by atoms with Crippen molar-refractivity contribution < 1.29 is 14.6 Å². The van der Waals surface area contributed by atoms with Crippen molar-refractivity contribution in [3.8, 4) is 0 Å². The first-order valence-electron chi connectivity index (χ1n) is 8.21. The van der Waals surface area contributed by atoms with Crippen LogP contribution in [0.5, 0.6) is 0 Å². The van der Waals surface area contributed by atoms with Gasteiger partial charge in [-0.05, 0) is 18.4 Å². The zero-order valence-electron chi connectivity index (χ0n) is 14.3. The van der Waals surface area contributed by atoms with E-state index in [0.717, 1.165) is 11.3 Å². The number of benzene rings is 1. The number of thioether (sulfide) groups is 1. The Morgan fingerprint density at radius 1 is 1.38 bits per heavy atom. The third-order valence-corrected chi connectivity index (χ3v) is 5.72. The van der Waals surface area contributed by atoms with Crippen molar-refractivity contribution in [1.29, 1.82) is 0 Å². The molecule has 0 aromatic heterocycles. The Morgan fingerprint density at radius 3 is 2.62 bits per heavy atom. The molecular weight excluding hydrogens is 342 g/mol. The van der Waals surface area contributed by atoms with Crippen LogP contribution in [0.2, 0.25) is 0 Å². The van der Waals surface area contributed by atoms with Crippen LogP contribution in [0, 0.1) is 11.8 Å². The van der Waals surface area contributed by atoms with Crippen LogP contribution in [0.3, 0.4) is 0 Å². The van der Waals surface area contributed by atoms with Crippen molar-refractivity contribution in [3.63, 3.8) is 0 Å². The minimum absolute atomic E-state index is 0.0883. The fourth-order valence-electron chi connectivity index (χ4n) is 2.65. The Kier molecular flexibility index (Phi) is 7.22. The number of thiocarbonyl (C=S) groups is 1. The van der Waals surface area contributed by atoms with Gasteiger partial charge in [0.05, 0.1) is 25.2 Å². The number of ether oxygens (including phenoxy) is 1. The van der Waals surface area contributed by atoms with E-state index in [1.54, 1.807) is 11.8 Å². The number of hydrogen-bond donors (Lipinski definition) is 1. The SMILES string of the molecule is CC(C)[C@@H]1CSC(=S)N1C(=O)[C@@H](COCc1ccccc1)[C@@H](C)O. The lowest BCUT2D eigenvalue weighted by Crippen LogP contribution is -2.48. The highest BCUT2D eigenvalue weighted by molar-refractivity contribution is 8.23. The van der Waals surface area contributed by atoms with E-state index in [2.05, 4.69) is 13.8 Å². The maximum atomic E-state index is 12.9. The highest BCUT2D eigenvalue weighted by atomic mass is 32.2. The summed E-state index contributed by atoms with van der Waals surface area (Å²) in [7, 11) is 0. The molecule has 1 aliphatic heterocycles. The molecule has 1 aromatic rings. The van der Waals surface area contributed by atoms with E-state index in [4.69, 9.17) is 17.0 Å². The molecule has 6 heteroatoms. The number of rotatable bonds is 7. The van der Waals surface area contributed by atoms with Crippen LogP contribution in [0.25, 0.3) is 0 Å². The normalized spacial score (nSPS) is 20.5. The summed E-state index contributed by atoms with van der Waals surface area (Å²) >= 11 is 6.89. The topological polar surface area (TPSA) is 49.8 Å². The Bertz CT molecular complexity index is 563. The van der Waals surface area contributed by atoms with Gasteiger partial charge >= 0.3 is 0 Å². The molecule has 2 rings (SSSR count). The quantitative estimate of drug-likeness (QED) is 0.751. The summed E-state index contributed by atoms with van der Waals surface area (Å²) in [6.07, 6.45) is -0.783. The van der Waals surface area contributed by atoms with Crippen molar-refractivity contribution in [1.82, 2.24) is 4.90 Å². The van der Waals surface area contributed by atoms with Gasteiger partial charge in [0.15, 0.2) is 0 Å². The van der Waals surface area contributed by atoms with E-state index in [0.29, 0.717) is 16.8 Å². The van der Waals surface area contributed by atoms with Crippen LogP contribution in [0.1, 0.15) is 26.3 Å². The van der Waals surface area contributed by atoms with Crippen LogP contribution in [-0.4, -0.2) is 44.7 Å². The third kappa shape index (κ3) is 4.79. The monoisotopic (exact) mass is 367 g/mol. The highest BCUT2D eigenvalue weighted by Gasteiger charge is 2.40. The summed E-state index contributed by atoms with van der Waals surface area (Å²) in [5, 5.41) is 10.1. The predicted octanol–water partition coefficient (Wildman–Crippen LogP) is 3.09. The molecule has 0 saturated carbocycles. The zero-order chi connectivity index (χ0) is 17.7. The van der Waals surface area contributed by atoms with Crippen molar-refractivity contribution >= 4 is 34.2 Å². The summed E-state index contributed by atoms with van der Waals surface area (Å²) in [5.74, 6) is 0.403. The first-order chi connectivity index (χ1) is 11.4. The van der Waals surface area contributed by atoms with E-state index < -0.39 is 12.0 Å². The van der Waals surface area contributed by atoms with E-state index in [1.165, 1.54) is 11.8 Å². The highest BCUT2D eigenvalue weighted by Crippen LogP contribution is 2.31. The Labute approximate surface area is 153 Å². The van der Waals surface area contributed by atoms with Crippen LogP contribution in [0.4, 0.5) is 0 Å². The summed E-state index contributed by atoms with van der Waals surface area (Å²) in [6.45, 7) is 6.40. The molecule has 0 spiro atoms. The van der Waals surface area contributed by atoms with Crippen molar-refractivity contribution in [3.05, 3.63) is 35.9 Å². The van der Waals surface area contributed by atoms with E-state index in [1.807, 2.05) is 30.3 Å². The number of carbonyl (C=O) groups excluding carboxylic acids is 1. The number of aliphatic hydroxyl groups is 1. The number of aliphatic hydroxyl groups excluding tert-OH is 1. The number of nitrogens with zero attached hydrogens (tertiary/aromatic N) is 1. The van der Waals surface area contributed by atoms with Gasteiger partial charge in [0.2, 0.25) is 5.91 Å². The maximum Gasteiger partial charge on any atom is 0.236 e. The first-order valence-corrected chi connectivity index (χ1v) is 9.60. The summed E-state index contributed by atoms with van der Waals surface area (Å²) in [5.41, 5.74) is 1.04. The molecule has 0 unspecified atom stereocenters. The van der Waals surface area contributed by atoms with Gasteiger partial charge in [-0.1, -0.05) is 68.2 Å². The average Bonchev–Trinajstić information content (AvgIpc) is 2.93. The summed E-state index contributed by atoms with van der Waals surface area (Å²) in [6, 6.07) is 9.88. The lowest BCUT2D eigenvalue weighted by molar-refractivity contribution is -0.139. The maximum absolute atomic E-state index is 12.9. The van der Waals surface area contributed by atoms with Gasteiger partial charge in [0.25, 0.3) is 0 Å². The van der Waals surface area contributed by atoms with Gasteiger partial charge in [-0.2, -0.15) is 0 Å². The minimum Gasteiger partial charge on any atom is -0.392 e. The molecule has 1 fully saturated rings. The number of amides is 1. The molecule has 0 radical (unpaired) electrons. The molecule has 3 atom stereocenters. The van der Waals surface area contributed by atoms with Crippen LogP contribution in [0.15, 0.2) is 30.3 Å². The van der Waals surface area contributed by atoms with Crippen molar-refractivity contribution in [2.24, 2.45) is 11.8 Å². The Hall–Kier alpha value is -0.950. The number of hydrogen-bond acceptors (Lipinski definition) is 5. The molecule has 1 aromatic carbocycles. The molecule has 132 valence electrons. The van der Waals surface area contributed by atoms with Crippen molar-refractivity contribution in [2.45, 2.75) is 39.5 Å². The zero-order valence-corrected chi connectivity index (χ0v) is 16.0. The fourth-order valence-corrected chi connectivity index (χ4v) is 4.29. The molecule has 4 nitrogen and oxygen atoms in total. The van der Waals surface area contributed by atoms with E-state index in [-0.39, 0.29) is 18.6 Å². The largest absolute Gasteiger partial charge is 0.392 e. The second-order valence-corrected chi connectivity index (χ2v) is 8.10.